The molecule has 0 amide bonds. The van der Waals surface area contributed by atoms with Crippen LogP contribution in [-0.2, 0) is 0 Å². The number of anilines is 1. The van der Waals surface area contributed by atoms with Gasteiger partial charge in [-0.1, -0.05) is 5.16 Å². The summed E-state index contributed by atoms with van der Waals surface area (Å²) in [5.41, 5.74) is 8.09. The number of benzene rings is 1. The fraction of sp³-hybridized carbons (Fsp3) is 0.250. The molecule has 0 atom stereocenters. The Hall–Kier alpha value is -1.49. The highest BCUT2D eigenvalue weighted by Crippen LogP contribution is 2.39. The summed E-state index contributed by atoms with van der Waals surface area (Å²) in [5.74, 6) is 1.45. The van der Waals surface area contributed by atoms with Gasteiger partial charge in [0.2, 0.25) is 0 Å². The van der Waals surface area contributed by atoms with E-state index >= 15 is 0 Å². The van der Waals surface area contributed by atoms with Gasteiger partial charge in [0.05, 0.1) is 17.9 Å². The van der Waals surface area contributed by atoms with Crippen LogP contribution in [0, 0.1) is 6.92 Å². The van der Waals surface area contributed by atoms with Gasteiger partial charge in [-0.2, -0.15) is 0 Å². The number of aromatic nitrogens is 1. The molecule has 0 spiro atoms. The van der Waals surface area contributed by atoms with E-state index < -0.39 is 0 Å². The fourth-order valence-electron chi connectivity index (χ4n) is 1.60. The third kappa shape index (κ3) is 2.29. The summed E-state index contributed by atoms with van der Waals surface area (Å²) in [6.45, 7) is 4.34. The number of nitrogens with zero attached hydrogens (tertiary/aromatic N) is 1. The SMILES string of the molecule is CCOc1ccc(Br)c(N)c1-c1cc(C)on1. The molecule has 0 bridgehead atoms. The molecule has 0 saturated heterocycles. The van der Waals surface area contributed by atoms with Gasteiger partial charge in [-0.15, -0.1) is 0 Å². The van der Waals surface area contributed by atoms with Gasteiger partial charge in [-0.3, -0.25) is 0 Å². The zero-order valence-electron chi connectivity index (χ0n) is 9.66. The topological polar surface area (TPSA) is 61.3 Å². The molecule has 0 fully saturated rings. The molecule has 90 valence electrons. The minimum Gasteiger partial charge on any atom is -0.493 e. The summed E-state index contributed by atoms with van der Waals surface area (Å²) in [7, 11) is 0. The van der Waals surface area contributed by atoms with Crippen molar-refractivity contribution >= 4 is 21.6 Å². The maximum Gasteiger partial charge on any atom is 0.134 e. The lowest BCUT2D eigenvalue weighted by Crippen LogP contribution is -1.98. The molecule has 2 rings (SSSR count). The van der Waals surface area contributed by atoms with E-state index in [0.29, 0.717) is 23.7 Å². The van der Waals surface area contributed by atoms with Crippen LogP contribution in [-0.4, -0.2) is 11.8 Å². The van der Waals surface area contributed by atoms with Crippen molar-refractivity contribution in [1.82, 2.24) is 5.16 Å². The van der Waals surface area contributed by atoms with Gasteiger partial charge in [-0.25, -0.2) is 0 Å². The number of ether oxygens (including phenoxy) is 1. The number of halogens is 1. The Balaban J connectivity index is 2.60. The van der Waals surface area contributed by atoms with Crippen LogP contribution in [0.5, 0.6) is 5.75 Å². The molecule has 4 nitrogen and oxygen atoms in total. The second-order valence-electron chi connectivity index (χ2n) is 3.59. The fourth-order valence-corrected chi connectivity index (χ4v) is 1.93. The van der Waals surface area contributed by atoms with Crippen molar-refractivity contribution < 1.29 is 9.26 Å². The average molecular weight is 297 g/mol. The summed E-state index contributed by atoms with van der Waals surface area (Å²) < 4.78 is 11.4. The highest BCUT2D eigenvalue weighted by atomic mass is 79.9. The quantitative estimate of drug-likeness (QED) is 0.882. The Morgan fingerprint density at radius 1 is 1.47 bits per heavy atom. The Kier molecular flexibility index (Phi) is 3.38. The molecule has 1 aromatic carbocycles. The lowest BCUT2D eigenvalue weighted by Gasteiger charge is -2.11. The summed E-state index contributed by atoms with van der Waals surface area (Å²) in [5, 5.41) is 3.98. The van der Waals surface area contributed by atoms with Gasteiger partial charge in [0.15, 0.2) is 0 Å². The molecule has 2 N–H and O–H groups in total. The highest BCUT2D eigenvalue weighted by molar-refractivity contribution is 9.10. The molecule has 0 aliphatic rings. The van der Waals surface area contributed by atoms with Gasteiger partial charge in [0, 0.05) is 10.5 Å². The molecule has 0 aliphatic heterocycles. The van der Waals surface area contributed by atoms with Crippen molar-refractivity contribution in [3.63, 3.8) is 0 Å². The van der Waals surface area contributed by atoms with Gasteiger partial charge < -0.3 is 15.0 Å². The monoisotopic (exact) mass is 296 g/mol. The first-order valence-corrected chi connectivity index (χ1v) is 6.07. The standard InChI is InChI=1S/C12H13BrN2O2/c1-3-16-10-5-4-8(13)12(14)11(10)9-6-7(2)17-15-9/h4-6H,3,14H2,1-2H3. The Morgan fingerprint density at radius 2 is 2.24 bits per heavy atom. The van der Waals surface area contributed by atoms with E-state index in [0.717, 1.165) is 15.8 Å². The second-order valence-corrected chi connectivity index (χ2v) is 4.44. The summed E-state index contributed by atoms with van der Waals surface area (Å²) in [6, 6.07) is 5.56. The van der Waals surface area contributed by atoms with Crippen LogP contribution in [0.3, 0.4) is 0 Å². The maximum atomic E-state index is 6.05. The molecule has 0 aliphatic carbocycles. The summed E-state index contributed by atoms with van der Waals surface area (Å²) >= 11 is 3.40. The van der Waals surface area contributed by atoms with Crippen LogP contribution < -0.4 is 10.5 Å². The van der Waals surface area contributed by atoms with Gasteiger partial charge in [-0.05, 0) is 41.9 Å². The van der Waals surface area contributed by atoms with Crippen LogP contribution >= 0.6 is 15.9 Å². The molecule has 0 saturated carbocycles. The molecule has 5 heteroatoms. The number of rotatable bonds is 3. The van der Waals surface area contributed by atoms with E-state index in [1.54, 1.807) is 0 Å². The predicted molar refractivity (Wildman–Crippen MR) is 70.0 cm³/mol. The summed E-state index contributed by atoms with van der Waals surface area (Å²) in [6.07, 6.45) is 0. The van der Waals surface area contributed by atoms with Crippen LogP contribution in [0.1, 0.15) is 12.7 Å². The van der Waals surface area contributed by atoms with E-state index in [9.17, 15) is 0 Å². The first-order valence-electron chi connectivity index (χ1n) is 5.28. The van der Waals surface area contributed by atoms with E-state index in [1.165, 1.54) is 0 Å². The van der Waals surface area contributed by atoms with E-state index in [1.807, 2.05) is 32.0 Å². The molecule has 1 aromatic heterocycles. The average Bonchev–Trinajstić information content (AvgIpc) is 2.71. The minimum atomic E-state index is 0.574. The van der Waals surface area contributed by atoms with Crippen molar-refractivity contribution in [2.45, 2.75) is 13.8 Å². The van der Waals surface area contributed by atoms with Crippen molar-refractivity contribution in [2.75, 3.05) is 12.3 Å². The van der Waals surface area contributed by atoms with Crippen LogP contribution in [0.4, 0.5) is 5.69 Å². The van der Waals surface area contributed by atoms with Gasteiger partial charge in [0.1, 0.15) is 17.2 Å². The van der Waals surface area contributed by atoms with Crippen molar-refractivity contribution in [3.8, 4) is 17.0 Å². The number of nitrogen functional groups attached to an aromatic ring is 1. The minimum absolute atomic E-state index is 0.574. The van der Waals surface area contributed by atoms with E-state index in [4.69, 9.17) is 15.0 Å². The zero-order chi connectivity index (χ0) is 12.4. The van der Waals surface area contributed by atoms with E-state index in [2.05, 4.69) is 21.1 Å². The lowest BCUT2D eigenvalue weighted by atomic mass is 10.1. The Bertz CT molecular complexity index is 537. The first kappa shape index (κ1) is 12.0. The van der Waals surface area contributed by atoms with Crippen LogP contribution in [0.2, 0.25) is 0 Å². The van der Waals surface area contributed by atoms with Crippen LogP contribution in [0.25, 0.3) is 11.3 Å². The number of nitrogens with two attached hydrogens (primary N) is 1. The third-order valence-electron chi connectivity index (χ3n) is 2.34. The molecule has 0 radical (unpaired) electrons. The summed E-state index contributed by atoms with van der Waals surface area (Å²) in [4.78, 5) is 0. The van der Waals surface area contributed by atoms with Crippen LogP contribution in [0.15, 0.2) is 27.2 Å². The molecule has 0 unspecified atom stereocenters. The third-order valence-corrected chi connectivity index (χ3v) is 3.03. The van der Waals surface area contributed by atoms with Gasteiger partial charge >= 0.3 is 0 Å². The first-order chi connectivity index (χ1) is 8.13. The lowest BCUT2D eigenvalue weighted by molar-refractivity contribution is 0.341. The Labute approximate surface area is 108 Å². The largest absolute Gasteiger partial charge is 0.493 e. The maximum absolute atomic E-state index is 6.05. The molecule has 2 aromatic rings. The number of aryl methyl sites for hydroxylation is 1. The second kappa shape index (κ2) is 4.79. The smallest absolute Gasteiger partial charge is 0.134 e. The molecule has 1 heterocycles. The molecular formula is C12H13BrN2O2. The van der Waals surface area contributed by atoms with E-state index in [-0.39, 0.29) is 0 Å². The van der Waals surface area contributed by atoms with Crippen molar-refractivity contribution in [3.05, 3.63) is 28.4 Å². The Morgan fingerprint density at radius 3 is 2.82 bits per heavy atom. The molecular weight excluding hydrogens is 284 g/mol. The van der Waals surface area contributed by atoms with Crippen molar-refractivity contribution in [1.29, 1.82) is 0 Å². The normalized spacial score (nSPS) is 10.5. The van der Waals surface area contributed by atoms with Crippen molar-refractivity contribution in [2.24, 2.45) is 0 Å². The highest BCUT2D eigenvalue weighted by Gasteiger charge is 2.16. The number of hydrogen-bond acceptors (Lipinski definition) is 4. The van der Waals surface area contributed by atoms with Gasteiger partial charge in [0.25, 0.3) is 0 Å². The molecule has 17 heavy (non-hydrogen) atoms. The predicted octanol–water partition coefficient (Wildman–Crippen LogP) is 3.39. The zero-order valence-corrected chi connectivity index (χ0v) is 11.2. The number of hydrogen-bond donors (Lipinski definition) is 1.